The molecule has 0 aliphatic rings. The van der Waals surface area contributed by atoms with Gasteiger partial charge in [-0.3, -0.25) is 10.1 Å². The number of alkyl halides is 1. The summed E-state index contributed by atoms with van der Waals surface area (Å²) in [4.78, 5) is 11.2. The Balaban J connectivity index is 1.75. The zero-order valence-electron chi connectivity index (χ0n) is 16.9. The van der Waals surface area contributed by atoms with E-state index in [2.05, 4.69) is 23.5 Å². The van der Waals surface area contributed by atoms with Crippen LogP contribution in [0.5, 0.6) is 5.75 Å². The molecule has 0 atom stereocenters. The molecule has 0 aliphatic heterocycles. The van der Waals surface area contributed by atoms with Crippen LogP contribution < -0.4 is 10.1 Å². The molecule has 0 unspecified atom stereocenters. The fourth-order valence-corrected chi connectivity index (χ4v) is 3.42. The molecule has 0 heterocycles. The number of nitro benzene ring substituents is 1. The Hall–Kier alpha value is -2.89. The number of ether oxygens (including phenoxy) is 1. The van der Waals surface area contributed by atoms with E-state index >= 15 is 0 Å². The van der Waals surface area contributed by atoms with Crippen LogP contribution in [0.2, 0.25) is 0 Å². The lowest BCUT2D eigenvalue weighted by molar-refractivity contribution is -0.386. The molecule has 0 radical (unpaired) electrons. The zero-order valence-corrected chi connectivity index (χ0v) is 17.7. The smallest absolute Gasteiger partial charge is 0.311 e. The Morgan fingerprint density at radius 3 is 2.60 bits per heavy atom. The van der Waals surface area contributed by atoms with E-state index in [0.717, 1.165) is 40.8 Å². The second-order valence-electron chi connectivity index (χ2n) is 7.02. The fraction of sp³-hybridized carbons (Fsp3) is 0.250. The normalized spacial score (nSPS) is 10.7. The highest BCUT2D eigenvalue weighted by molar-refractivity contribution is 6.17. The highest BCUT2D eigenvalue weighted by Gasteiger charge is 2.17. The summed E-state index contributed by atoms with van der Waals surface area (Å²) in [6, 6.07) is 21.3. The van der Waals surface area contributed by atoms with E-state index in [0.29, 0.717) is 12.4 Å². The third-order valence-corrected chi connectivity index (χ3v) is 5.22. The monoisotopic (exact) mass is 424 g/mol. The summed E-state index contributed by atoms with van der Waals surface area (Å²) in [5, 5.41) is 14.8. The van der Waals surface area contributed by atoms with E-state index in [1.807, 2.05) is 43.3 Å². The van der Waals surface area contributed by atoms with Gasteiger partial charge in [-0.2, -0.15) is 0 Å². The molecule has 3 rings (SSSR count). The van der Waals surface area contributed by atoms with Gasteiger partial charge >= 0.3 is 5.69 Å². The molecular formula is C24H25ClN2O3. The molecule has 0 aromatic heterocycles. The third-order valence-electron chi connectivity index (χ3n) is 4.95. The van der Waals surface area contributed by atoms with E-state index in [1.54, 1.807) is 12.1 Å². The molecule has 0 aliphatic carbocycles. The van der Waals surface area contributed by atoms with Crippen LogP contribution in [0.15, 0.2) is 66.7 Å². The summed E-state index contributed by atoms with van der Waals surface area (Å²) in [5.74, 6) is 0.860. The number of nitrogens with zero attached hydrogens (tertiary/aromatic N) is 1. The van der Waals surface area contributed by atoms with Gasteiger partial charge in [0.1, 0.15) is 6.61 Å². The maximum Gasteiger partial charge on any atom is 0.311 e. The molecular weight excluding hydrogens is 400 g/mol. The van der Waals surface area contributed by atoms with Crippen molar-refractivity contribution in [2.75, 3.05) is 12.4 Å². The fourth-order valence-electron chi connectivity index (χ4n) is 3.29. The van der Waals surface area contributed by atoms with Crippen molar-refractivity contribution in [2.24, 2.45) is 0 Å². The summed E-state index contributed by atoms with van der Waals surface area (Å²) in [5.41, 5.74) is 5.18. The third kappa shape index (κ3) is 5.59. The van der Waals surface area contributed by atoms with Crippen LogP contribution in [-0.2, 0) is 13.2 Å². The molecule has 0 saturated carbocycles. The lowest BCUT2D eigenvalue weighted by Crippen LogP contribution is -2.15. The van der Waals surface area contributed by atoms with Gasteiger partial charge in [-0.25, -0.2) is 0 Å². The Morgan fingerprint density at radius 1 is 1.07 bits per heavy atom. The number of hydrogen-bond donors (Lipinski definition) is 1. The van der Waals surface area contributed by atoms with Crippen molar-refractivity contribution in [3.05, 3.63) is 93.5 Å². The highest BCUT2D eigenvalue weighted by atomic mass is 35.5. The van der Waals surface area contributed by atoms with Crippen LogP contribution in [0.3, 0.4) is 0 Å². The Bertz CT molecular complexity index is 993. The quantitative estimate of drug-likeness (QED) is 0.191. The van der Waals surface area contributed by atoms with Gasteiger partial charge in [0.05, 0.1) is 4.92 Å². The maximum atomic E-state index is 11.6. The number of benzene rings is 3. The SMILES string of the molecule is Cc1c(COc2ccc(CNCCCCl)cc2[N+](=O)[O-])cccc1-c1ccccc1. The average Bonchev–Trinajstić information content (AvgIpc) is 2.77. The first kappa shape index (κ1) is 21.8. The molecule has 1 N–H and O–H groups in total. The van der Waals surface area contributed by atoms with Crippen LogP contribution in [0.4, 0.5) is 5.69 Å². The van der Waals surface area contributed by atoms with Crippen LogP contribution in [-0.4, -0.2) is 17.3 Å². The van der Waals surface area contributed by atoms with Gasteiger partial charge < -0.3 is 10.1 Å². The number of halogens is 1. The highest BCUT2D eigenvalue weighted by Crippen LogP contribution is 2.30. The first-order valence-electron chi connectivity index (χ1n) is 9.91. The summed E-state index contributed by atoms with van der Waals surface area (Å²) >= 11 is 5.67. The minimum absolute atomic E-state index is 0.0245. The average molecular weight is 425 g/mol. The van der Waals surface area contributed by atoms with Crippen LogP contribution in [0.1, 0.15) is 23.1 Å². The van der Waals surface area contributed by atoms with Crippen LogP contribution in [0.25, 0.3) is 11.1 Å². The molecule has 5 nitrogen and oxygen atoms in total. The van der Waals surface area contributed by atoms with Gasteiger partial charge in [0.15, 0.2) is 5.75 Å². The van der Waals surface area contributed by atoms with Gasteiger partial charge in [-0.05, 0) is 53.8 Å². The van der Waals surface area contributed by atoms with Crippen LogP contribution >= 0.6 is 11.6 Å². The summed E-state index contributed by atoms with van der Waals surface area (Å²) in [7, 11) is 0. The molecule has 0 saturated heterocycles. The number of nitro groups is 1. The molecule has 0 amide bonds. The number of nitrogens with one attached hydrogen (secondary N) is 1. The topological polar surface area (TPSA) is 64.4 Å². The van der Waals surface area contributed by atoms with E-state index in [4.69, 9.17) is 16.3 Å². The van der Waals surface area contributed by atoms with E-state index < -0.39 is 4.92 Å². The molecule has 0 spiro atoms. The van der Waals surface area contributed by atoms with Crippen molar-refractivity contribution in [3.63, 3.8) is 0 Å². The van der Waals surface area contributed by atoms with Crippen molar-refractivity contribution >= 4 is 17.3 Å². The Morgan fingerprint density at radius 2 is 1.87 bits per heavy atom. The summed E-state index contributed by atoms with van der Waals surface area (Å²) in [6.45, 7) is 3.63. The largest absolute Gasteiger partial charge is 0.482 e. The number of rotatable bonds is 10. The zero-order chi connectivity index (χ0) is 21.3. The van der Waals surface area contributed by atoms with Crippen LogP contribution in [0, 0.1) is 17.0 Å². The molecule has 0 fully saturated rings. The van der Waals surface area contributed by atoms with Gasteiger partial charge in [-0.15, -0.1) is 11.6 Å². The summed E-state index contributed by atoms with van der Waals surface area (Å²) in [6.07, 6.45) is 0.853. The molecule has 30 heavy (non-hydrogen) atoms. The lowest BCUT2D eigenvalue weighted by Gasteiger charge is -2.13. The number of hydrogen-bond acceptors (Lipinski definition) is 4. The predicted molar refractivity (Wildman–Crippen MR) is 121 cm³/mol. The molecule has 3 aromatic rings. The summed E-state index contributed by atoms with van der Waals surface area (Å²) < 4.78 is 5.87. The van der Waals surface area contributed by atoms with Crippen molar-refractivity contribution in [3.8, 4) is 16.9 Å². The minimum Gasteiger partial charge on any atom is -0.482 e. The van der Waals surface area contributed by atoms with Gasteiger partial charge in [-0.1, -0.05) is 54.6 Å². The lowest BCUT2D eigenvalue weighted by atomic mass is 9.97. The molecule has 6 heteroatoms. The van der Waals surface area contributed by atoms with E-state index in [9.17, 15) is 10.1 Å². The van der Waals surface area contributed by atoms with Gasteiger partial charge in [0.2, 0.25) is 0 Å². The second-order valence-corrected chi connectivity index (χ2v) is 7.40. The molecule has 0 bridgehead atoms. The van der Waals surface area contributed by atoms with Crippen molar-refractivity contribution in [1.29, 1.82) is 0 Å². The Labute approximate surface area is 181 Å². The Kier molecular flexibility index (Phi) is 7.82. The standard InChI is InChI=1S/C24H25ClN2O3/c1-18-21(9-5-10-22(18)20-7-3-2-4-8-20)17-30-24-12-11-19(15-23(24)27(28)29)16-26-14-6-13-25/h2-5,7-12,15,26H,6,13-14,16-17H2,1H3. The minimum atomic E-state index is -0.398. The van der Waals surface area contributed by atoms with Crippen molar-refractivity contribution < 1.29 is 9.66 Å². The van der Waals surface area contributed by atoms with Crippen molar-refractivity contribution in [1.82, 2.24) is 5.32 Å². The van der Waals surface area contributed by atoms with E-state index in [-0.39, 0.29) is 18.0 Å². The second kappa shape index (κ2) is 10.8. The first-order valence-corrected chi connectivity index (χ1v) is 10.4. The molecule has 3 aromatic carbocycles. The molecule has 156 valence electrons. The van der Waals surface area contributed by atoms with Gasteiger partial charge in [0, 0.05) is 18.5 Å². The van der Waals surface area contributed by atoms with Gasteiger partial charge in [0.25, 0.3) is 0 Å². The van der Waals surface area contributed by atoms with Crippen molar-refractivity contribution in [2.45, 2.75) is 26.5 Å². The first-order chi connectivity index (χ1) is 14.6. The predicted octanol–water partition coefficient (Wildman–Crippen LogP) is 5.87. The van der Waals surface area contributed by atoms with E-state index in [1.165, 1.54) is 0 Å². The maximum absolute atomic E-state index is 11.6.